The minimum atomic E-state index is -3.77. The minimum absolute atomic E-state index is 0.0283. The van der Waals surface area contributed by atoms with Gasteiger partial charge in [-0.2, -0.15) is 0 Å². The van der Waals surface area contributed by atoms with Crippen LogP contribution in [0.4, 0.5) is 0 Å². The molecular formula is C35H34Cl2N2O6S. The van der Waals surface area contributed by atoms with Gasteiger partial charge in [0.1, 0.15) is 5.75 Å². The first-order valence-electron chi connectivity index (χ1n) is 14.9. The maximum absolute atomic E-state index is 14.3. The Morgan fingerprint density at radius 1 is 0.957 bits per heavy atom. The molecule has 0 radical (unpaired) electrons. The van der Waals surface area contributed by atoms with Gasteiger partial charge < -0.3 is 19.9 Å². The van der Waals surface area contributed by atoms with E-state index in [9.17, 15) is 13.2 Å². The Balaban J connectivity index is 1.50. The number of carbonyl (C=O) groups is 1. The van der Waals surface area contributed by atoms with Crippen molar-refractivity contribution in [3.05, 3.63) is 130 Å². The summed E-state index contributed by atoms with van der Waals surface area (Å²) in [6, 6.07) is 29.6. The lowest BCUT2D eigenvalue weighted by Crippen LogP contribution is -2.49. The number of amides is 1. The first-order chi connectivity index (χ1) is 22.2. The third kappa shape index (κ3) is 7.90. The summed E-state index contributed by atoms with van der Waals surface area (Å²) in [7, 11) is -3.77. The van der Waals surface area contributed by atoms with E-state index in [4.69, 9.17) is 42.8 Å². The summed E-state index contributed by atoms with van der Waals surface area (Å²) in [5.74, 6) is 0.0146. The molecule has 4 aromatic rings. The number of aliphatic hydroxyl groups excluding tert-OH is 1. The number of nitrogens with zero attached hydrogens (tertiary/aromatic N) is 1. The number of aliphatic hydroxyl groups is 1. The van der Waals surface area contributed by atoms with Crippen LogP contribution in [0.25, 0.3) is 0 Å². The summed E-state index contributed by atoms with van der Waals surface area (Å²) < 4.78 is 39.1. The second-order valence-electron chi connectivity index (χ2n) is 10.8. The number of benzene rings is 4. The van der Waals surface area contributed by atoms with Gasteiger partial charge in [0.15, 0.2) is 21.5 Å². The molecule has 46 heavy (non-hydrogen) atoms. The molecule has 0 bridgehead atoms. The average Bonchev–Trinajstić information content (AvgIpc) is 3.47. The molecule has 0 saturated carbocycles. The number of nitrogens with one attached hydrogen (secondary N) is 1. The van der Waals surface area contributed by atoms with Crippen LogP contribution in [0.5, 0.6) is 5.75 Å². The maximum Gasteiger partial charge on any atom is 0.252 e. The van der Waals surface area contributed by atoms with E-state index >= 15 is 0 Å². The first kappa shape index (κ1) is 33.5. The van der Waals surface area contributed by atoms with E-state index in [1.165, 1.54) is 12.1 Å². The second kappa shape index (κ2) is 15.1. The number of aliphatic imine (C=N–C) groups is 1. The quantitative estimate of drug-likeness (QED) is 0.153. The third-order valence-corrected chi connectivity index (χ3v) is 10.0. The molecule has 0 saturated heterocycles. The van der Waals surface area contributed by atoms with E-state index in [0.29, 0.717) is 46.4 Å². The number of carbonyl (C=O) groups excluding carboxylic acids is 1. The van der Waals surface area contributed by atoms with Gasteiger partial charge in [-0.3, -0.25) is 4.79 Å². The maximum atomic E-state index is 14.3. The summed E-state index contributed by atoms with van der Waals surface area (Å²) in [5.41, 5.74) is 0.473. The molecule has 8 nitrogen and oxygen atoms in total. The van der Waals surface area contributed by atoms with Crippen LogP contribution in [0, 0.1) is 0 Å². The van der Waals surface area contributed by atoms with Crippen LogP contribution in [0.15, 0.2) is 113 Å². The third-order valence-electron chi connectivity index (χ3n) is 7.68. The molecule has 0 aromatic heterocycles. The predicted molar refractivity (Wildman–Crippen MR) is 179 cm³/mol. The fraction of sp³-hybridized carbons (Fsp3) is 0.257. The SMILES string of the molecule is O=C(NCCc1ccc(Cl)cc1Cl)[C@]1(CCS(=O)(=O)c2ccccc2)N=C(c2ccc(OCCCO)cc2)O[C@@H]1c1ccccc1. The number of hydrogen-bond donors (Lipinski definition) is 2. The van der Waals surface area contributed by atoms with Crippen molar-refractivity contribution in [1.29, 1.82) is 0 Å². The molecule has 1 amide bonds. The lowest BCUT2D eigenvalue weighted by Gasteiger charge is -2.30. The smallest absolute Gasteiger partial charge is 0.252 e. The highest BCUT2D eigenvalue weighted by Gasteiger charge is 2.53. The summed E-state index contributed by atoms with van der Waals surface area (Å²) >= 11 is 12.4. The van der Waals surface area contributed by atoms with E-state index < -0.39 is 27.4 Å². The molecule has 2 N–H and O–H groups in total. The van der Waals surface area contributed by atoms with Crippen molar-refractivity contribution < 1.29 is 27.8 Å². The summed E-state index contributed by atoms with van der Waals surface area (Å²) in [4.78, 5) is 19.4. The van der Waals surface area contributed by atoms with Gasteiger partial charge >= 0.3 is 0 Å². The van der Waals surface area contributed by atoms with Gasteiger partial charge in [-0.25, -0.2) is 13.4 Å². The molecule has 0 spiro atoms. The van der Waals surface area contributed by atoms with Crippen LogP contribution in [0.2, 0.25) is 10.0 Å². The Bertz CT molecular complexity index is 1770. The van der Waals surface area contributed by atoms with Gasteiger partial charge in [0, 0.05) is 41.6 Å². The zero-order valence-electron chi connectivity index (χ0n) is 24.9. The molecule has 4 aromatic carbocycles. The van der Waals surface area contributed by atoms with Gasteiger partial charge in [-0.05, 0) is 66.1 Å². The summed E-state index contributed by atoms with van der Waals surface area (Å²) in [6.45, 7) is 0.615. The van der Waals surface area contributed by atoms with Crippen LogP contribution in [-0.4, -0.2) is 56.4 Å². The molecule has 1 aliphatic rings. The highest BCUT2D eigenvalue weighted by atomic mass is 35.5. The van der Waals surface area contributed by atoms with E-state index in [-0.39, 0.29) is 36.1 Å². The topological polar surface area (TPSA) is 114 Å². The molecule has 0 aliphatic carbocycles. The van der Waals surface area contributed by atoms with E-state index in [2.05, 4.69) is 5.32 Å². The first-order valence-corrected chi connectivity index (χ1v) is 17.3. The molecule has 11 heteroatoms. The molecule has 1 heterocycles. The normalized spacial score (nSPS) is 17.6. The van der Waals surface area contributed by atoms with Crippen molar-refractivity contribution in [2.45, 2.75) is 35.8 Å². The fourth-order valence-electron chi connectivity index (χ4n) is 5.22. The van der Waals surface area contributed by atoms with Crippen LogP contribution in [0.3, 0.4) is 0 Å². The van der Waals surface area contributed by atoms with Crippen molar-refractivity contribution in [1.82, 2.24) is 5.32 Å². The number of rotatable bonds is 14. The van der Waals surface area contributed by atoms with Crippen molar-refractivity contribution in [2.24, 2.45) is 4.99 Å². The molecular weight excluding hydrogens is 647 g/mol. The lowest BCUT2D eigenvalue weighted by molar-refractivity contribution is -0.129. The van der Waals surface area contributed by atoms with Gasteiger partial charge in [0.25, 0.3) is 5.91 Å². The van der Waals surface area contributed by atoms with Gasteiger partial charge in [0.05, 0.1) is 17.3 Å². The van der Waals surface area contributed by atoms with Crippen LogP contribution >= 0.6 is 23.2 Å². The Kier molecular flexibility index (Phi) is 11.0. The fourth-order valence-corrected chi connectivity index (χ4v) is 7.11. The van der Waals surface area contributed by atoms with Crippen molar-refractivity contribution >= 4 is 44.8 Å². The van der Waals surface area contributed by atoms with Crippen molar-refractivity contribution in [2.75, 3.05) is 25.5 Å². The highest BCUT2D eigenvalue weighted by Crippen LogP contribution is 2.43. The average molecular weight is 682 g/mol. The molecule has 0 unspecified atom stereocenters. The largest absolute Gasteiger partial charge is 0.494 e. The van der Waals surface area contributed by atoms with Gasteiger partial charge in [-0.1, -0.05) is 77.8 Å². The molecule has 0 fully saturated rings. The zero-order chi connectivity index (χ0) is 32.6. The Labute approximate surface area is 278 Å². The van der Waals surface area contributed by atoms with Crippen molar-refractivity contribution in [3.63, 3.8) is 0 Å². The van der Waals surface area contributed by atoms with E-state index in [1.54, 1.807) is 60.7 Å². The van der Waals surface area contributed by atoms with E-state index in [0.717, 1.165) is 5.56 Å². The standard InChI is InChI=1S/C35H34Cl2N2O6S/c36-28-15-12-25(31(37)24-28)18-20-38-34(41)35(19-23-46(42,43)30-10-5-2-6-11-30)32(26-8-3-1-4-9-26)45-33(39-35)27-13-16-29(17-14-27)44-22-7-21-40/h1-6,8-17,24,32,40H,7,18-23H2,(H,38,41)/t32-,35-/m1/s1. The second-order valence-corrected chi connectivity index (χ2v) is 13.8. The monoisotopic (exact) mass is 680 g/mol. The molecule has 1 aliphatic heterocycles. The molecule has 2 atom stereocenters. The molecule has 240 valence electrons. The number of sulfone groups is 1. The van der Waals surface area contributed by atoms with E-state index in [1.807, 2.05) is 30.3 Å². The zero-order valence-corrected chi connectivity index (χ0v) is 27.3. The van der Waals surface area contributed by atoms with Crippen molar-refractivity contribution in [3.8, 4) is 5.75 Å². The summed E-state index contributed by atoms with van der Waals surface area (Å²) in [6.07, 6.45) is -0.118. The Hall–Kier alpha value is -3.89. The van der Waals surface area contributed by atoms with Crippen LogP contribution < -0.4 is 10.1 Å². The minimum Gasteiger partial charge on any atom is -0.494 e. The summed E-state index contributed by atoms with van der Waals surface area (Å²) in [5, 5.41) is 13.0. The lowest BCUT2D eigenvalue weighted by atomic mass is 9.85. The number of hydrogen-bond acceptors (Lipinski definition) is 7. The Morgan fingerprint density at radius 3 is 2.33 bits per heavy atom. The van der Waals surface area contributed by atoms with Crippen LogP contribution in [-0.2, 0) is 25.8 Å². The highest BCUT2D eigenvalue weighted by molar-refractivity contribution is 7.91. The predicted octanol–water partition coefficient (Wildman–Crippen LogP) is 6.23. The number of ether oxygens (including phenoxy) is 2. The van der Waals surface area contributed by atoms with Gasteiger partial charge in [0.2, 0.25) is 5.90 Å². The number of halogens is 2. The van der Waals surface area contributed by atoms with Crippen LogP contribution in [0.1, 0.15) is 35.6 Å². The Morgan fingerprint density at radius 2 is 1.65 bits per heavy atom. The molecule has 5 rings (SSSR count). The van der Waals surface area contributed by atoms with Gasteiger partial charge in [-0.15, -0.1) is 0 Å².